The van der Waals surface area contributed by atoms with Crippen LogP contribution in [-0.4, -0.2) is 20.3 Å². The van der Waals surface area contributed by atoms with Crippen LogP contribution in [0.4, 0.5) is 0 Å². The molecule has 4 rings (SSSR count). The van der Waals surface area contributed by atoms with E-state index in [0.29, 0.717) is 23.7 Å². The Morgan fingerprint density at radius 3 is 2.24 bits per heavy atom. The summed E-state index contributed by atoms with van der Waals surface area (Å²) < 4.78 is 11.2. The zero-order valence-corrected chi connectivity index (χ0v) is 12.2. The summed E-state index contributed by atoms with van der Waals surface area (Å²) in [6.45, 7) is 1.81. The Labute approximate surface area is 125 Å². The van der Waals surface area contributed by atoms with E-state index in [1.54, 1.807) is 7.11 Å². The number of hydrogen-bond donors (Lipinski definition) is 0. The highest BCUT2D eigenvalue weighted by atomic mass is 16.5. The summed E-state index contributed by atoms with van der Waals surface area (Å²) in [5.41, 5.74) is 2.83. The molecule has 0 bridgehead atoms. The lowest BCUT2D eigenvalue weighted by Gasteiger charge is -2.48. The molecule has 2 nitrogen and oxygen atoms in total. The van der Waals surface area contributed by atoms with Crippen molar-refractivity contribution >= 4 is 0 Å². The van der Waals surface area contributed by atoms with Gasteiger partial charge in [-0.3, -0.25) is 0 Å². The van der Waals surface area contributed by atoms with Crippen molar-refractivity contribution in [1.29, 1.82) is 0 Å². The van der Waals surface area contributed by atoms with E-state index in [4.69, 9.17) is 9.47 Å². The minimum atomic E-state index is 0.551. The molecule has 0 amide bonds. The van der Waals surface area contributed by atoms with Gasteiger partial charge in [0, 0.05) is 0 Å². The highest BCUT2D eigenvalue weighted by molar-refractivity contribution is 5.39. The minimum absolute atomic E-state index is 0.551. The zero-order valence-electron chi connectivity index (χ0n) is 12.2. The molecule has 2 aromatic carbocycles. The van der Waals surface area contributed by atoms with Gasteiger partial charge in [0.1, 0.15) is 5.75 Å². The van der Waals surface area contributed by atoms with Gasteiger partial charge in [-0.25, -0.2) is 0 Å². The van der Waals surface area contributed by atoms with Crippen LogP contribution in [0.2, 0.25) is 0 Å². The average molecular weight is 280 g/mol. The molecule has 0 aromatic heterocycles. The Kier molecular flexibility index (Phi) is 3.19. The highest BCUT2D eigenvalue weighted by Crippen LogP contribution is 2.60. The Bertz CT molecular complexity index is 622. The zero-order chi connectivity index (χ0) is 14.2. The first-order valence-electron chi connectivity index (χ1n) is 7.65. The van der Waals surface area contributed by atoms with Crippen molar-refractivity contribution in [1.82, 2.24) is 0 Å². The van der Waals surface area contributed by atoms with Crippen LogP contribution in [0.25, 0.3) is 0 Å². The number of benzene rings is 2. The van der Waals surface area contributed by atoms with E-state index >= 15 is 0 Å². The molecular weight excluding hydrogens is 260 g/mol. The van der Waals surface area contributed by atoms with Gasteiger partial charge in [-0.2, -0.15) is 0 Å². The lowest BCUT2D eigenvalue weighted by Crippen LogP contribution is -2.42. The molecule has 1 aliphatic heterocycles. The van der Waals surface area contributed by atoms with Gasteiger partial charge >= 0.3 is 0 Å². The fourth-order valence-corrected chi connectivity index (χ4v) is 4.15. The molecule has 2 fully saturated rings. The summed E-state index contributed by atoms with van der Waals surface area (Å²) in [5.74, 6) is 3.40. The van der Waals surface area contributed by atoms with E-state index in [0.717, 1.165) is 19.0 Å². The number of rotatable bonds is 3. The molecule has 1 aliphatic carbocycles. The molecule has 2 aliphatic rings. The summed E-state index contributed by atoms with van der Waals surface area (Å²) in [4.78, 5) is 0. The maximum atomic E-state index is 5.76. The molecule has 1 heterocycles. The topological polar surface area (TPSA) is 18.5 Å². The Morgan fingerprint density at radius 2 is 1.52 bits per heavy atom. The maximum absolute atomic E-state index is 5.76. The number of methoxy groups -OCH3 is 1. The van der Waals surface area contributed by atoms with E-state index in [9.17, 15) is 0 Å². The highest BCUT2D eigenvalue weighted by Gasteiger charge is 2.54. The van der Waals surface area contributed by atoms with Crippen molar-refractivity contribution in [2.45, 2.75) is 11.8 Å². The molecule has 0 spiro atoms. The van der Waals surface area contributed by atoms with Gasteiger partial charge in [-0.15, -0.1) is 0 Å². The third-order valence-corrected chi connectivity index (χ3v) is 5.14. The molecular formula is C19H20O2. The molecule has 1 saturated carbocycles. The number of hydrogen-bond acceptors (Lipinski definition) is 2. The Balaban J connectivity index is 1.71. The van der Waals surface area contributed by atoms with Crippen molar-refractivity contribution in [3.8, 4) is 5.75 Å². The summed E-state index contributed by atoms with van der Waals surface area (Å²) in [5, 5.41) is 0. The predicted octanol–water partition coefficient (Wildman–Crippen LogP) is 3.84. The third-order valence-electron chi connectivity index (χ3n) is 5.14. The predicted molar refractivity (Wildman–Crippen MR) is 82.7 cm³/mol. The maximum Gasteiger partial charge on any atom is 0.119 e. The van der Waals surface area contributed by atoms with Gasteiger partial charge in [0.25, 0.3) is 0 Å². The monoisotopic (exact) mass is 280 g/mol. The lowest BCUT2D eigenvalue weighted by molar-refractivity contribution is 0.142. The summed E-state index contributed by atoms with van der Waals surface area (Å²) >= 11 is 0. The first-order chi connectivity index (χ1) is 10.4. The number of ether oxygens (including phenoxy) is 2. The van der Waals surface area contributed by atoms with Crippen LogP contribution in [0, 0.1) is 11.8 Å². The van der Waals surface area contributed by atoms with E-state index in [1.807, 2.05) is 6.07 Å². The SMILES string of the molecule is COc1cccc([C@@H]2[C@H]3COC[C@H]3[C@@H]2c2ccccc2)c1. The molecule has 2 aromatic rings. The van der Waals surface area contributed by atoms with Gasteiger partial charge in [0.05, 0.1) is 20.3 Å². The first kappa shape index (κ1) is 12.9. The first-order valence-corrected chi connectivity index (χ1v) is 7.65. The van der Waals surface area contributed by atoms with Gasteiger partial charge in [0.15, 0.2) is 0 Å². The molecule has 108 valence electrons. The molecule has 0 N–H and O–H groups in total. The lowest BCUT2D eigenvalue weighted by atomic mass is 9.54. The Hall–Kier alpha value is -1.80. The van der Waals surface area contributed by atoms with E-state index in [1.165, 1.54) is 11.1 Å². The fourth-order valence-electron chi connectivity index (χ4n) is 4.15. The average Bonchev–Trinajstić information content (AvgIpc) is 2.92. The Morgan fingerprint density at radius 1 is 0.857 bits per heavy atom. The molecule has 1 saturated heterocycles. The van der Waals surface area contributed by atoms with Crippen LogP contribution >= 0.6 is 0 Å². The fraction of sp³-hybridized carbons (Fsp3) is 0.368. The normalized spacial score (nSPS) is 30.5. The van der Waals surface area contributed by atoms with Crippen LogP contribution in [0.3, 0.4) is 0 Å². The van der Waals surface area contributed by atoms with Gasteiger partial charge in [-0.05, 0) is 46.9 Å². The van der Waals surface area contributed by atoms with Gasteiger partial charge < -0.3 is 9.47 Å². The number of fused-ring (bicyclic) bond motifs is 1. The molecule has 21 heavy (non-hydrogen) atoms. The van der Waals surface area contributed by atoms with Crippen LogP contribution in [0.1, 0.15) is 23.0 Å². The van der Waals surface area contributed by atoms with Gasteiger partial charge in [0.2, 0.25) is 0 Å². The minimum Gasteiger partial charge on any atom is -0.497 e. The van der Waals surface area contributed by atoms with Crippen LogP contribution < -0.4 is 4.74 Å². The molecule has 0 radical (unpaired) electrons. The van der Waals surface area contributed by atoms with Crippen molar-refractivity contribution in [3.63, 3.8) is 0 Å². The summed E-state index contributed by atoms with van der Waals surface area (Å²) in [6.07, 6.45) is 0. The third kappa shape index (κ3) is 2.06. The molecule has 2 heteroatoms. The van der Waals surface area contributed by atoms with E-state index < -0.39 is 0 Å². The van der Waals surface area contributed by atoms with Crippen molar-refractivity contribution < 1.29 is 9.47 Å². The second-order valence-electron chi connectivity index (χ2n) is 6.10. The quantitative estimate of drug-likeness (QED) is 0.850. The molecule has 0 unspecified atom stereocenters. The van der Waals surface area contributed by atoms with Gasteiger partial charge in [-0.1, -0.05) is 42.5 Å². The second-order valence-corrected chi connectivity index (χ2v) is 6.10. The molecule has 4 atom stereocenters. The van der Waals surface area contributed by atoms with E-state index in [-0.39, 0.29) is 0 Å². The summed E-state index contributed by atoms with van der Waals surface area (Å²) in [7, 11) is 1.73. The van der Waals surface area contributed by atoms with Crippen LogP contribution in [0.15, 0.2) is 54.6 Å². The van der Waals surface area contributed by atoms with Crippen molar-refractivity contribution in [2.24, 2.45) is 11.8 Å². The van der Waals surface area contributed by atoms with Crippen LogP contribution in [-0.2, 0) is 4.74 Å². The largest absolute Gasteiger partial charge is 0.497 e. The smallest absolute Gasteiger partial charge is 0.119 e. The van der Waals surface area contributed by atoms with Crippen molar-refractivity contribution in [3.05, 3.63) is 65.7 Å². The van der Waals surface area contributed by atoms with Crippen LogP contribution in [0.5, 0.6) is 5.75 Å². The van der Waals surface area contributed by atoms with E-state index in [2.05, 4.69) is 48.5 Å². The summed E-state index contributed by atoms with van der Waals surface area (Å²) in [6, 6.07) is 19.4. The second kappa shape index (κ2) is 5.19. The van der Waals surface area contributed by atoms with Crippen molar-refractivity contribution in [2.75, 3.05) is 20.3 Å². The standard InChI is InChI=1S/C19H20O2/c1-20-15-9-5-8-14(10-15)19-17-12-21-11-16(17)18(19)13-6-3-2-4-7-13/h2-10,16-19H,11-12H2,1H3/t16-,17+,18+,19-/m1/s1.